The number of nitrogens with zero attached hydrogens (tertiary/aromatic N) is 1. The summed E-state index contributed by atoms with van der Waals surface area (Å²) in [6, 6.07) is 14.3. The number of aryl methyl sites for hydroxylation is 2. The lowest BCUT2D eigenvalue weighted by Crippen LogP contribution is -2.34. The van der Waals surface area contributed by atoms with Crippen molar-refractivity contribution in [2.24, 2.45) is 17.8 Å². The first kappa shape index (κ1) is 29.8. The number of fused-ring (bicyclic) bond motifs is 3. The number of aromatic hydroxyl groups is 1. The normalized spacial score (nSPS) is 23.9. The van der Waals surface area contributed by atoms with Gasteiger partial charge in [0.2, 0.25) is 11.8 Å². The van der Waals surface area contributed by atoms with E-state index in [1.807, 2.05) is 44.2 Å². The summed E-state index contributed by atoms with van der Waals surface area (Å²) in [5.41, 5.74) is 7.42. The van der Waals surface area contributed by atoms with Gasteiger partial charge in [0.25, 0.3) is 0 Å². The molecule has 0 spiro atoms. The van der Waals surface area contributed by atoms with Gasteiger partial charge in [0.1, 0.15) is 5.75 Å². The first-order valence-electron chi connectivity index (χ1n) is 15.1. The fourth-order valence-corrected chi connectivity index (χ4v) is 7.15. The molecular weight excluding hydrogens is 530 g/mol. The molecule has 7 nitrogen and oxygen atoms in total. The van der Waals surface area contributed by atoms with E-state index in [-0.39, 0.29) is 42.1 Å². The number of rotatable bonds is 11. The zero-order valence-corrected chi connectivity index (χ0v) is 24.8. The number of likely N-dealkylation sites (tertiary alicyclic amines) is 1. The summed E-state index contributed by atoms with van der Waals surface area (Å²) in [6.07, 6.45) is 6.18. The molecular formula is C35H41NO6. The minimum atomic E-state index is -0.823. The quantitative estimate of drug-likeness (QED) is 0.142. The largest absolute Gasteiger partial charge is 0.507 e. The molecule has 2 aromatic rings. The molecule has 222 valence electrons. The van der Waals surface area contributed by atoms with Gasteiger partial charge in [-0.05, 0) is 98.4 Å². The summed E-state index contributed by atoms with van der Waals surface area (Å²) < 4.78 is 6.37. The molecule has 0 aromatic heterocycles. The summed E-state index contributed by atoms with van der Waals surface area (Å²) in [5.74, 6) is -1.44. The molecule has 4 atom stereocenters. The van der Waals surface area contributed by atoms with E-state index < -0.39 is 5.97 Å². The number of hydrogen-bond donors (Lipinski definition) is 2. The smallest absolute Gasteiger partial charge is 0.303 e. The molecule has 0 unspecified atom stereocenters. The molecule has 2 saturated heterocycles. The number of phenols is 1. The van der Waals surface area contributed by atoms with E-state index in [9.17, 15) is 19.5 Å². The van der Waals surface area contributed by atoms with Crippen molar-refractivity contribution in [3.8, 4) is 5.75 Å². The lowest BCUT2D eigenvalue weighted by Gasteiger charge is -2.30. The summed E-state index contributed by atoms with van der Waals surface area (Å²) in [6.45, 7) is 6.72. The van der Waals surface area contributed by atoms with Crippen molar-refractivity contribution >= 4 is 29.4 Å². The first-order chi connectivity index (χ1) is 20.2. The minimum absolute atomic E-state index is 0.0752. The topological polar surface area (TPSA) is 104 Å². The van der Waals surface area contributed by atoms with Crippen molar-refractivity contribution < 1.29 is 29.3 Å². The van der Waals surface area contributed by atoms with Crippen molar-refractivity contribution in [3.63, 3.8) is 0 Å². The van der Waals surface area contributed by atoms with Crippen LogP contribution in [0.4, 0.5) is 0 Å². The fourth-order valence-electron chi connectivity index (χ4n) is 7.15. The molecule has 2 heterocycles. The number of unbranched alkanes of at least 4 members (excludes halogenated alkanes) is 2. The molecule has 1 aliphatic carbocycles. The number of imide groups is 1. The van der Waals surface area contributed by atoms with Gasteiger partial charge in [0, 0.05) is 18.9 Å². The van der Waals surface area contributed by atoms with Crippen LogP contribution >= 0.6 is 0 Å². The third kappa shape index (κ3) is 6.07. The second kappa shape index (κ2) is 12.7. The molecule has 0 bridgehead atoms. The fraction of sp³-hybridized carbons (Fsp3) is 0.457. The molecule has 2 N–H and O–H groups in total. The summed E-state index contributed by atoms with van der Waals surface area (Å²) in [7, 11) is 0. The van der Waals surface area contributed by atoms with Crippen LogP contribution in [0, 0.1) is 31.6 Å². The predicted molar refractivity (Wildman–Crippen MR) is 161 cm³/mol. The Morgan fingerprint density at radius 2 is 1.69 bits per heavy atom. The zero-order valence-electron chi connectivity index (χ0n) is 24.8. The van der Waals surface area contributed by atoms with E-state index in [0.717, 1.165) is 35.1 Å². The SMILES string of the molecule is CC1=C2[C@@H](CC/C(=C/c3cc(C)c(O)c(C)c3)c3ccccc3)OC[C@@H]2[C@@H]2C(=O)N(CCCCCC(=O)O)C(=O)[C@@H]2C1. The Hall–Kier alpha value is -3.71. The van der Waals surface area contributed by atoms with Crippen molar-refractivity contribution in [3.05, 3.63) is 75.9 Å². The molecule has 2 aliphatic heterocycles. The van der Waals surface area contributed by atoms with Crippen molar-refractivity contribution in [2.75, 3.05) is 13.2 Å². The van der Waals surface area contributed by atoms with E-state index in [2.05, 4.69) is 25.1 Å². The molecule has 5 rings (SSSR count). The minimum Gasteiger partial charge on any atom is -0.507 e. The number of aliphatic carboxylic acids is 1. The number of carbonyl (C=O) groups is 3. The highest BCUT2D eigenvalue weighted by Gasteiger charge is 2.56. The Kier molecular flexibility index (Phi) is 8.97. The molecule has 2 fully saturated rings. The van der Waals surface area contributed by atoms with Gasteiger partial charge in [-0.25, -0.2) is 0 Å². The van der Waals surface area contributed by atoms with Gasteiger partial charge in [-0.1, -0.05) is 48.4 Å². The van der Waals surface area contributed by atoms with Gasteiger partial charge in [-0.15, -0.1) is 0 Å². The summed E-state index contributed by atoms with van der Waals surface area (Å²) >= 11 is 0. The zero-order chi connectivity index (χ0) is 30.0. The van der Waals surface area contributed by atoms with Crippen LogP contribution in [0.3, 0.4) is 0 Å². The Labute approximate surface area is 247 Å². The average molecular weight is 572 g/mol. The number of allylic oxidation sites excluding steroid dienone is 2. The van der Waals surface area contributed by atoms with Gasteiger partial charge in [0.15, 0.2) is 0 Å². The van der Waals surface area contributed by atoms with Crippen LogP contribution < -0.4 is 0 Å². The molecule has 0 radical (unpaired) electrons. The number of hydrogen-bond acceptors (Lipinski definition) is 5. The van der Waals surface area contributed by atoms with Gasteiger partial charge in [-0.2, -0.15) is 0 Å². The molecule has 2 amide bonds. The van der Waals surface area contributed by atoms with E-state index in [4.69, 9.17) is 9.84 Å². The van der Waals surface area contributed by atoms with Crippen LogP contribution in [0.2, 0.25) is 0 Å². The Balaban J connectivity index is 1.30. The number of carbonyl (C=O) groups excluding carboxylic acids is 2. The molecule has 7 heteroatoms. The number of amides is 2. The van der Waals surface area contributed by atoms with E-state index >= 15 is 0 Å². The van der Waals surface area contributed by atoms with Gasteiger partial charge >= 0.3 is 5.97 Å². The molecule has 2 aromatic carbocycles. The predicted octanol–water partition coefficient (Wildman–Crippen LogP) is 6.31. The number of ether oxygens (including phenoxy) is 1. The van der Waals surface area contributed by atoms with Gasteiger partial charge in [-0.3, -0.25) is 19.3 Å². The second-order valence-electron chi connectivity index (χ2n) is 12.1. The van der Waals surface area contributed by atoms with Gasteiger partial charge < -0.3 is 14.9 Å². The lowest BCUT2D eigenvalue weighted by molar-refractivity contribution is -0.141. The highest BCUT2D eigenvalue weighted by molar-refractivity contribution is 6.06. The third-order valence-corrected chi connectivity index (χ3v) is 9.19. The molecule has 3 aliphatic rings. The van der Waals surface area contributed by atoms with E-state index in [1.165, 1.54) is 21.6 Å². The third-order valence-electron chi connectivity index (χ3n) is 9.19. The van der Waals surface area contributed by atoms with Crippen LogP contribution in [0.15, 0.2) is 53.6 Å². The van der Waals surface area contributed by atoms with Crippen LogP contribution in [-0.4, -0.2) is 52.2 Å². The highest BCUT2D eigenvalue weighted by Crippen LogP contribution is 2.50. The second-order valence-corrected chi connectivity index (χ2v) is 12.1. The van der Waals surface area contributed by atoms with Crippen molar-refractivity contribution in [1.82, 2.24) is 4.90 Å². The Bertz CT molecular complexity index is 1400. The van der Waals surface area contributed by atoms with E-state index in [0.29, 0.717) is 44.6 Å². The average Bonchev–Trinajstić information content (AvgIpc) is 3.49. The first-order valence-corrected chi connectivity index (χ1v) is 15.1. The van der Waals surface area contributed by atoms with E-state index in [1.54, 1.807) is 0 Å². The van der Waals surface area contributed by atoms with Crippen LogP contribution in [0.25, 0.3) is 11.6 Å². The standard InChI is InChI=1S/C35H41NO6/c1-21-18-27-32(35(41)36(34(27)40)15-9-5-8-12-30(37)38)28-20-42-29(31(21)28)14-13-26(25-10-6-4-7-11-25)19-24-16-22(2)33(39)23(3)17-24/h4,6-7,10-11,16-17,19,27-29,32,39H,5,8-9,12-15,18,20H2,1-3H3,(H,37,38)/b26-19-/t27-,28+,29-,32-/m1/s1. The maximum atomic E-state index is 13.5. The van der Waals surface area contributed by atoms with Crippen molar-refractivity contribution in [2.45, 2.75) is 71.8 Å². The maximum Gasteiger partial charge on any atom is 0.303 e. The van der Waals surface area contributed by atoms with Crippen molar-refractivity contribution in [1.29, 1.82) is 0 Å². The molecule has 0 saturated carbocycles. The Morgan fingerprint density at radius 1 is 0.976 bits per heavy atom. The Morgan fingerprint density at radius 3 is 2.38 bits per heavy atom. The number of carboxylic acids is 1. The summed E-state index contributed by atoms with van der Waals surface area (Å²) in [5, 5.41) is 19.1. The number of phenolic OH excluding ortho intramolecular Hbond substituents is 1. The number of carboxylic acid groups (broad SMARTS) is 1. The number of benzene rings is 2. The lowest BCUT2D eigenvalue weighted by atomic mass is 9.70. The summed E-state index contributed by atoms with van der Waals surface area (Å²) in [4.78, 5) is 39.0. The van der Waals surface area contributed by atoms with Crippen LogP contribution in [0.5, 0.6) is 5.75 Å². The molecule has 42 heavy (non-hydrogen) atoms. The monoisotopic (exact) mass is 571 g/mol. The van der Waals surface area contributed by atoms with Crippen LogP contribution in [-0.2, 0) is 19.1 Å². The maximum absolute atomic E-state index is 13.5. The van der Waals surface area contributed by atoms with Crippen LogP contribution in [0.1, 0.15) is 74.1 Å². The van der Waals surface area contributed by atoms with Gasteiger partial charge in [0.05, 0.1) is 24.5 Å². The highest BCUT2D eigenvalue weighted by atomic mass is 16.5.